The Balaban J connectivity index is 2.09. The van der Waals surface area contributed by atoms with Gasteiger partial charge in [-0.1, -0.05) is 0 Å². The summed E-state index contributed by atoms with van der Waals surface area (Å²) < 4.78 is 5.19. The average Bonchev–Trinajstić information content (AvgIpc) is 2.46. The van der Waals surface area contributed by atoms with Gasteiger partial charge in [-0.05, 0) is 49.2 Å². The minimum absolute atomic E-state index is 0.0182. The van der Waals surface area contributed by atoms with Gasteiger partial charge < -0.3 is 15.2 Å². The molecule has 4 nitrogen and oxygen atoms in total. The van der Waals surface area contributed by atoms with E-state index in [4.69, 9.17) is 4.74 Å². The molecule has 2 N–H and O–H groups in total. The highest BCUT2D eigenvalue weighted by molar-refractivity contribution is 5.41. The van der Waals surface area contributed by atoms with Gasteiger partial charge in [-0.15, -0.1) is 0 Å². The number of ether oxygens (including phenoxy) is 1. The van der Waals surface area contributed by atoms with Crippen molar-refractivity contribution < 1.29 is 9.84 Å². The number of nitrogens with one attached hydrogen (secondary N) is 1. The maximum absolute atomic E-state index is 9.94. The maximum Gasteiger partial charge on any atom is 0.120 e. The van der Waals surface area contributed by atoms with Gasteiger partial charge in [0.2, 0.25) is 0 Å². The van der Waals surface area contributed by atoms with Gasteiger partial charge in [-0.3, -0.25) is 4.98 Å². The molecule has 1 aromatic carbocycles. The Kier molecular flexibility index (Phi) is 4.58. The number of nitrogens with zero attached hydrogens (tertiary/aromatic N) is 1. The van der Waals surface area contributed by atoms with Crippen LogP contribution in [0.15, 0.2) is 36.7 Å². The lowest BCUT2D eigenvalue weighted by Gasteiger charge is -2.17. The number of phenols is 1. The molecule has 0 aliphatic heterocycles. The predicted molar refractivity (Wildman–Crippen MR) is 78.9 cm³/mol. The number of aryl methyl sites for hydroxylation is 1. The first kappa shape index (κ1) is 14.3. The average molecular weight is 272 g/mol. The second kappa shape index (κ2) is 6.39. The van der Waals surface area contributed by atoms with Gasteiger partial charge >= 0.3 is 0 Å². The molecule has 0 radical (unpaired) electrons. The number of pyridine rings is 1. The topological polar surface area (TPSA) is 54.4 Å². The monoisotopic (exact) mass is 272 g/mol. The number of hydrogen-bond acceptors (Lipinski definition) is 4. The van der Waals surface area contributed by atoms with E-state index in [0.29, 0.717) is 6.54 Å². The van der Waals surface area contributed by atoms with Gasteiger partial charge in [0.1, 0.15) is 11.5 Å². The molecule has 0 amide bonds. The standard InChI is InChI=1S/C16H20N2O2/c1-11-6-7-17-9-13(11)10-18-12(2)15-8-14(20-3)4-5-16(15)19/h4-9,12,18-19H,10H2,1-3H3. The molecule has 20 heavy (non-hydrogen) atoms. The van der Waals surface area contributed by atoms with Crippen LogP contribution in [-0.4, -0.2) is 17.2 Å². The molecule has 0 spiro atoms. The molecular weight excluding hydrogens is 252 g/mol. The van der Waals surface area contributed by atoms with Crippen LogP contribution in [0.5, 0.6) is 11.5 Å². The molecule has 4 heteroatoms. The van der Waals surface area contributed by atoms with E-state index >= 15 is 0 Å². The number of phenolic OH excluding ortho intramolecular Hbond substituents is 1. The zero-order valence-electron chi connectivity index (χ0n) is 12.1. The van der Waals surface area contributed by atoms with Gasteiger partial charge in [0.05, 0.1) is 7.11 Å². The summed E-state index contributed by atoms with van der Waals surface area (Å²) in [4.78, 5) is 4.13. The van der Waals surface area contributed by atoms with Crippen molar-refractivity contribution in [3.05, 3.63) is 53.3 Å². The summed E-state index contributed by atoms with van der Waals surface area (Å²) in [6.45, 7) is 4.78. The first-order valence-corrected chi connectivity index (χ1v) is 6.61. The third-order valence-electron chi connectivity index (χ3n) is 3.45. The van der Waals surface area contributed by atoms with E-state index in [0.717, 1.165) is 16.9 Å². The zero-order chi connectivity index (χ0) is 14.5. The molecular formula is C16H20N2O2. The van der Waals surface area contributed by atoms with Gasteiger partial charge in [0.25, 0.3) is 0 Å². The third-order valence-corrected chi connectivity index (χ3v) is 3.45. The number of rotatable bonds is 5. The summed E-state index contributed by atoms with van der Waals surface area (Å²) in [5.74, 6) is 1.01. The smallest absolute Gasteiger partial charge is 0.120 e. The van der Waals surface area contributed by atoms with Crippen LogP contribution in [0.2, 0.25) is 0 Å². The molecule has 0 aliphatic rings. The Morgan fingerprint density at radius 2 is 2.15 bits per heavy atom. The van der Waals surface area contributed by atoms with Crippen LogP contribution >= 0.6 is 0 Å². The Bertz CT molecular complexity index is 584. The van der Waals surface area contributed by atoms with Crippen LogP contribution in [-0.2, 0) is 6.54 Å². The fourth-order valence-corrected chi connectivity index (χ4v) is 2.06. The van der Waals surface area contributed by atoms with Crippen molar-refractivity contribution in [2.45, 2.75) is 26.4 Å². The van der Waals surface area contributed by atoms with E-state index < -0.39 is 0 Å². The third kappa shape index (κ3) is 3.27. The van der Waals surface area contributed by atoms with Crippen LogP contribution in [0.4, 0.5) is 0 Å². The maximum atomic E-state index is 9.94. The van der Waals surface area contributed by atoms with Crippen molar-refractivity contribution >= 4 is 0 Å². The second-order valence-corrected chi connectivity index (χ2v) is 4.83. The molecule has 0 saturated heterocycles. The van der Waals surface area contributed by atoms with Crippen molar-refractivity contribution in [2.75, 3.05) is 7.11 Å². The van der Waals surface area contributed by atoms with Crippen LogP contribution in [0, 0.1) is 6.92 Å². The van der Waals surface area contributed by atoms with Crippen molar-refractivity contribution in [1.29, 1.82) is 0 Å². The summed E-state index contributed by atoms with van der Waals surface area (Å²) in [5, 5.41) is 13.3. The molecule has 0 saturated carbocycles. The number of methoxy groups -OCH3 is 1. The van der Waals surface area contributed by atoms with Crippen molar-refractivity contribution in [2.24, 2.45) is 0 Å². The molecule has 106 valence electrons. The van der Waals surface area contributed by atoms with Crippen LogP contribution in [0.3, 0.4) is 0 Å². The Hall–Kier alpha value is -2.07. The van der Waals surface area contributed by atoms with E-state index in [1.807, 2.05) is 25.3 Å². The number of aromatic hydroxyl groups is 1. The number of benzene rings is 1. The highest BCUT2D eigenvalue weighted by atomic mass is 16.5. The molecule has 2 aromatic rings. The van der Waals surface area contributed by atoms with E-state index in [-0.39, 0.29) is 11.8 Å². The fraction of sp³-hybridized carbons (Fsp3) is 0.312. The molecule has 0 fully saturated rings. The first-order valence-electron chi connectivity index (χ1n) is 6.61. The van der Waals surface area contributed by atoms with Gasteiger partial charge in [-0.2, -0.15) is 0 Å². The SMILES string of the molecule is COc1ccc(O)c(C(C)NCc2cnccc2C)c1. The Morgan fingerprint density at radius 3 is 2.85 bits per heavy atom. The van der Waals surface area contributed by atoms with Crippen LogP contribution in [0.25, 0.3) is 0 Å². The molecule has 1 unspecified atom stereocenters. The molecule has 1 atom stereocenters. The van der Waals surface area contributed by atoms with E-state index in [2.05, 4.69) is 17.2 Å². The van der Waals surface area contributed by atoms with E-state index in [9.17, 15) is 5.11 Å². The Morgan fingerprint density at radius 1 is 1.35 bits per heavy atom. The number of hydrogen-bond donors (Lipinski definition) is 2. The summed E-state index contributed by atoms with van der Waals surface area (Å²) >= 11 is 0. The Labute approximate surface area is 119 Å². The van der Waals surface area contributed by atoms with E-state index in [1.54, 1.807) is 25.4 Å². The van der Waals surface area contributed by atoms with Crippen molar-refractivity contribution in [1.82, 2.24) is 10.3 Å². The number of aromatic nitrogens is 1. The predicted octanol–water partition coefficient (Wildman–Crippen LogP) is 2.96. The largest absolute Gasteiger partial charge is 0.508 e. The summed E-state index contributed by atoms with van der Waals surface area (Å²) in [6, 6.07) is 7.26. The highest BCUT2D eigenvalue weighted by Gasteiger charge is 2.11. The van der Waals surface area contributed by atoms with Gasteiger partial charge in [0, 0.05) is 30.5 Å². The first-order chi connectivity index (χ1) is 9.61. The minimum atomic E-state index is 0.0182. The lowest BCUT2D eigenvalue weighted by Crippen LogP contribution is -2.19. The molecule has 1 aromatic heterocycles. The second-order valence-electron chi connectivity index (χ2n) is 4.83. The summed E-state index contributed by atoms with van der Waals surface area (Å²) in [5.41, 5.74) is 3.18. The summed E-state index contributed by atoms with van der Waals surface area (Å²) in [6.07, 6.45) is 3.65. The summed E-state index contributed by atoms with van der Waals surface area (Å²) in [7, 11) is 1.62. The fourth-order valence-electron chi connectivity index (χ4n) is 2.06. The molecule has 2 rings (SSSR count). The van der Waals surface area contributed by atoms with Crippen molar-refractivity contribution in [3.63, 3.8) is 0 Å². The molecule has 0 bridgehead atoms. The quantitative estimate of drug-likeness (QED) is 0.878. The van der Waals surface area contributed by atoms with Crippen LogP contribution in [0.1, 0.15) is 29.7 Å². The molecule has 1 heterocycles. The molecule has 0 aliphatic carbocycles. The lowest BCUT2D eigenvalue weighted by molar-refractivity contribution is 0.407. The normalized spacial score (nSPS) is 12.2. The minimum Gasteiger partial charge on any atom is -0.508 e. The zero-order valence-corrected chi connectivity index (χ0v) is 12.1. The van der Waals surface area contributed by atoms with Gasteiger partial charge in [0.15, 0.2) is 0 Å². The van der Waals surface area contributed by atoms with Gasteiger partial charge in [-0.25, -0.2) is 0 Å². The van der Waals surface area contributed by atoms with Crippen molar-refractivity contribution in [3.8, 4) is 11.5 Å². The lowest BCUT2D eigenvalue weighted by atomic mass is 10.1. The van der Waals surface area contributed by atoms with Crippen LogP contribution < -0.4 is 10.1 Å². The highest BCUT2D eigenvalue weighted by Crippen LogP contribution is 2.28. The van der Waals surface area contributed by atoms with E-state index in [1.165, 1.54) is 5.56 Å².